The number of hydrogen-bond donors (Lipinski definition) is 2. The Kier molecular flexibility index (Phi) is 8.42. The molecule has 44 heavy (non-hydrogen) atoms. The van der Waals surface area contributed by atoms with Crippen LogP contribution in [0.3, 0.4) is 0 Å². The minimum Gasteiger partial charge on any atom is -0.482 e. The molecule has 3 aromatic rings. The highest BCUT2D eigenvalue weighted by atomic mass is 16.6. The number of nitrogens with zero attached hydrogens (tertiary/aromatic N) is 3. The van der Waals surface area contributed by atoms with Gasteiger partial charge in [-0.1, -0.05) is 19.0 Å². The molecule has 8 unspecified atom stereocenters. The molecule has 1 aromatic carbocycles. The van der Waals surface area contributed by atoms with E-state index >= 15 is 0 Å². The standard InChI is InChI=1S/C32H32N2O7.CH3NO/c1-17-21-13-25(40-29(37)19-8-6-18(15-33)7-9-19)32(3)28(31(21,2)11-10-22(17)35)27(36)26-24(41-32)14-23(39-30(26)38)20-5-4-12-34-16-20;1-2-3/h4-9,12,14,16-17,21-22,25,27-28,35-36H,10-11,13H2,1-3H3;1H3. The molecule has 2 saturated carbocycles. The summed E-state index contributed by atoms with van der Waals surface area (Å²) in [7, 11) is 1.19. The summed E-state index contributed by atoms with van der Waals surface area (Å²) in [4.78, 5) is 39.4. The van der Waals surface area contributed by atoms with Gasteiger partial charge in [0.2, 0.25) is 0 Å². The number of aliphatic hydroxyl groups excluding tert-OH is 2. The number of hydrogen-bond acceptors (Lipinski definition) is 11. The molecule has 2 aromatic heterocycles. The molecule has 0 radical (unpaired) electrons. The van der Waals surface area contributed by atoms with Crippen LogP contribution in [-0.4, -0.2) is 46.0 Å². The van der Waals surface area contributed by atoms with Crippen LogP contribution < -0.4 is 10.4 Å². The molecule has 6 rings (SSSR count). The van der Waals surface area contributed by atoms with E-state index in [-0.39, 0.29) is 34.5 Å². The summed E-state index contributed by atoms with van der Waals surface area (Å²) in [5.41, 5.74) is -1.11. The van der Waals surface area contributed by atoms with Gasteiger partial charge in [-0.05, 0) is 79.8 Å². The fourth-order valence-corrected chi connectivity index (χ4v) is 7.70. The number of nitroso groups, excluding NO2 is 1. The first-order valence-corrected chi connectivity index (χ1v) is 14.5. The lowest BCUT2D eigenvalue weighted by molar-refractivity contribution is -0.241. The fourth-order valence-electron chi connectivity index (χ4n) is 7.70. The first-order valence-electron chi connectivity index (χ1n) is 14.5. The Morgan fingerprint density at radius 3 is 2.55 bits per heavy atom. The normalized spacial score (nSPS) is 31.8. The van der Waals surface area contributed by atoms with Crippen LogP contribution in [0.5, 0.6) is 5.75 Å². The number of carbonyl (C=O) groups excluding carboxylic acids is 1. The zero-order valence-corrected chi connectivity index (χ0v) is 25.0. The Labute approximate surface area is 254 Å². The van der Waals surface area contributed by atoms with Crippen molar-refractivity contribution in [1.29, 1.82) is 5.26 Å². The number of ether oxygens (including phenoxy) is 2. The molecule has 0 saturated heterocycles. The van der Waals surface area contributed by atoms with Crippen molar-refractivity contribution >= 4 is 5.97 Å². The van der Waals surface area contributed by atoms with E-state index in [9.17, 15) is 19.8 Å². The van der Waals surface area contributed by atoms with Crippen LogP contribution in [0.4, 0.5) is 0 Å². The number of benzene rings is 1. The molecule has 2 fully saturated rings. The second-order valence-corrected chi connectivity index (χ2v) is 12.2. The number of pyridine rings is 1. The molecule has 11 heteroatoms. The molecule has 230 valence electrons. The Hall–Kier alpha value is -4.40. The van der Waals surface area contributed by atoms with Gasteiger partial charge in [-0.2, -0.15) is 10.2 Å². The Bertz CT molecular complexity index is 1640. The molecule has 3 heterocycles. The van der Waals surface area contributed by atoms with Crippen molar-refractivity contribution in [2.45, 2.75) is 63.9 Å². The van der Waals surface area contributed by atoms with Crippen LogP contribution in [0.15, 0.2) is 69.2 Å². The largest absolute Gasteiger partial charge is 0.482 e. The first-order chi connectivity index (χ1) is 21.0. The van der Waals surface area contributed by atoms with Gasteiger partial charge in [0.05, 0.1) is 36.5 Å². The number of esters is 1. The zero-order valence-electron chi connectivity index (χ0n) is 25.0. The Balaban J connectivity index is 0.00000123. The summed E-state index contributed by atoms with van der Waals surface area (Å²) in [5, 5.41) is 34.1. The number of aromatic nitrogens is 1. The van der Waals surface area contributed by atoms with Gasteiger partial charge in [0, 0.05) is 29.9 Å². The van der Waals surface area contributed by atoms with E-state index in [1.165, 1.54) is 19.2 Å². The third-order valence-corrected chi connectivity index (χ3v) is 9.84. The highest BCUT2D eigenvalue weighted by Crippen LogP contribution is 2.64. The molecular weight excluding hydrogens is 566 g/mol. The lowest BCUT2D eigenvalue weighted by atomic mass is 9.46. The van der Waals surface area contributed by atoms with Crippen molar-refractivity contribution in [2.24, 2.45) is 28.3 Å². The Morgan fingerprint density at radius 2 is 1.91 bits per heavy atom. The summed E-state index contributed by atoms with van der Waals surface area (Å²) in [6, 6.07) is 13.3. The molecule has 3 aliphatic rings. The van der Waals surface area contributed by atoms with E-state index in [0.29, 0.717) is 30.4 Å². The number of fused-ring (bicyclic) bond motifs is 4. The van der Waals surface area contributed by atoms with Gasteiger partial charge in [0.1, 0.15) is 28.8 Å². The van der Waals surface area contributed by atoms with Crippen LogP contribution in [0, 0.1) is 39.4 Å². The minimum absolute atomic E-state index is 0.0398. The second kappa shape index (κ2) is 11.9. The lowest BCUT2D eigenvalue weighted by Crippen LogP contribution is -2.69. The van der Waals surface area contributed by atoms with Gasteiger partial charge in [-0.25, -0.2) is 9.59 Å². The highest BCUT2D eigenvalue weighted by Gasteiger charge is 2.67. The zero-order chi connectivity index (χ0) is 31.8. The van der Waals surface area contributed by atoms with Crippen molar-refractivity contribution < 1.29 is 28.9 Å². The van der Waals surface area contributed by atoms with Gasteiger partial charge in [-0.3, -0.25) is 4.98 Å². The summed E-state index contributed by atoms with van der Waals surface area (Å²) in [6.07, 6.45) is 2.14. The number of carbonyl (C=O) groups is 1. The topological polar surface area (TPSA) is 172 Å². The predicted octanol–water partition coefficient (Wildman–Crippen LogP) is 4.80. The van der Waals surface area contributed by atoms with Crippen LogP contribution >= 0.6 is 0 Å². The van der Waals surface area contributed by atoms with Gasteiger partial charge in [0.25, 0.3) is 0 Å². The van der Waals surface area contributed by atoms with E-state index in [2.05, 4.69) is 17.1 Å². The van der Waals surface area contributed by atoms with Crippen molar-refractivity contribution in [1.82, 2.24) is 4.98 Å². The average molecular weight is 602 g/mol. The van der Waals surface area contributed by atoms with Crippen molar-refractivity contribution in [3.63, 3.8) is 0 Å². The first kappa shape index (κ1) is 31.0. The maximum absolute atomic E-state index is 13.4. The third-order valence-electron chi connectivity index (χ3n) is 9.84. The van der Waals surface area contributed by atoms with Crippen molar-refractivity contribution in [3.05, 3.63) is 86.9 Å². The molecule has 2 N–H and O–H groups in total. The van der Waals surface area contributed by atoms with Crippen LogP contribution in [0.25, 0.3) is 11.3 Å². The quantitative estimate of drug-likeness (QED) is 0.314. The highest BCUT2D eigenvalue weighted by molar-refractivity contribution is 5.89. The van der Waals surface area contributed by atoms with Gasteiger partial charge in [0.15, 0.2) is 0 Å². The summed E-state index contributed by atoms with van der Waals surface area (Å²) in [6.45, 7) is 5.88. The SMILES string of the molecule is CC1C(O)CCC2(C)C1CC(OC(=O)c1ccc(C#N)cc1)C1(C)Oc3cc(-c4cccnc4)oc(=O)c3C(O)C21.CN=O. The van der Waals surface area contributed by atoms with Crippen LogP contribution in [0.1, 0.15) is 67.6 Å². The molecule has 2 aliphatic carbocycles. The van der Waals surface area contributed by atoms with Crippen molar-refractivity contribution in [2.75, 3.05) is 7.05 Å². The molecule has 8 atom stereocenters. The fraction of sp³-hybridized carbons (Fsp3) is 0.455. The smallest absolute Gasteiger partial charge is 0.345 e. The Morgan fingerprint density at radius 1 is 1.20 bits per heavy atom. The second-order valence-electron chi connectivity index (χ2n) is 12.2. The predicted molar refractivity (Wildman–Crippen MR) is 158 cm³/mol. The van der Waals surface area contributed by atoms with Gasteiger partial charge in [-0.15, -0.1) is 0 Å². The van der Waals surface area contributed by atoms with Crippen LogP contribution in [0.2, 0.25) is 0 Å². The molecule has 0 bridgehead atoms. The van der Waals surface area contributed by atoms with E-state index in [0.717, 1.165) is 0 Å². The molecule has 1 aliphatic heterocycles. The number of aliphatic hydroxyl groups is 2. The maximum Gasteiger partial charge on any atom is 0.345 e. The van der Waals surface area contributed by atoms with E-state index in [1.54, 1.807) is 42.7 Å². The third kappa shape index (κ3) is 5.18. The number of nitriles is 1. The lowest BCUT2D eigenvalue weighted by Gasteiger charge is -2.63. The molecule has 0 amide bonds. The maximum atomic E-state index is 13.4. The van der Waals surface area contributed by atoms with E-state index in [1.807, 2.05) is 19.9 Å². The molecule has 11 nitrogen and oxygen atoms in total. The molecule has 0 spiro atoms. The van der Waals surface area contributed by atoms with E-state index < -0.39 is 46.8 Å². The monoisotopic (exact) mass is 601 g/mol. The van der Waals surface area contributed by atoms with Gasteiger partial charge < -0.3 is 24.1 Å². The van der Waals surface area contributed by atoms with Gasteiger partial charge >= 0.3 is 11.6 Å². The average Bonchev–Trinajstić information content (AvgIpc) is 3.00. The minimum atomic E-state index is -1.26. The van der Waals surface area contributed by atoms with Crippen LogP contribution in [-0.2, 0) is 4.74 Å². The summed E-state index contributed by atoms with van der Waals surface area (Å²) < 4.78 is 18.5. The number of rotatable bonds is 3. The summed E-state index contributed by atoms with van der Waals surface area (Å²) >= 11 is 0. The molecular formula is C33H35N3O8. The van der Waals surface area contributed by atoms with Crippen molar-refractivity contribution in [3.8, 4) is 23.1 Å². The summed E-state index contributed by atoms with van der Waals surface area (Å²) in [5.74, 6) is -1.05. The van der Waals surface area contributed by atoms with E-state index in [4.69, 9.17) is 24.1 Å².